The second-order valence-electron chi connectivity index (χ2n) is 4.82. The third-order valence-corrected chi connectivity index (χ3v) is 4.05. The van der Waals surface area contributed by atoms with Gasteiger partial charge in [0.1, 0.15) is 5.82 Å². The molecule has 106 valence electrons. The quantitative estimate of drug-likeness (QED) is 0.889. The Morgan fingerprint density at radius 1 is 1.20 bits per heavy atom. The number of nitrogens with zero attached hydrogens (tertiary/aromatic N) is 1. The zero-order chi connectivity index (χ0) is 14.5. The second-order valence-corrected chi connectivity index (χ2v) is 5.67. The maximum atomic E-state index is 13.2. The summed E-state index contributed by atoms with van der Waals surface area (Å²) < 4.78 is 14.2. The SMILES string of the molecule is CN(CCC(N)c1ccccc1Br)c1cccc(F)c1. The smallest absolute Gasteiger partial charge is 0.125 e. The Balaban J connectivity index is 1.97. The van der Waals surface area contributed by atoms with E-state index in [9.17, 15) is 4.39 Å². The van der Waals surface area contributed by atoms with Gasteiger partial charge >= 0.3 is 0 Å². The lowest BCUT2D eigenvalue weighted by molar-refractivity contribution is 0.623. The van der Waals surface area contributed by atoms with Crippen LogP contribution in [0.4, 0.5) is 10.1 Å². The van der Waals surface area contributed by atoms with Crippen LogP contribution in [0.3, 0.4) is 0 Å². The van der Waals surface area contributed by atoms with Crippen molar-refractivity contribution < 1.29 is 4.39 Å². The predicted molar refractivity (Wildman–Crippen MR) is 85.4 cm³/mol. The van der Waals surface area contributed by atoms with Gasteiger partial charge in [-0.15, -0.1) is 0 Å². The van der Waals surface area contributed by atoms with Crippen molar-refractivity contribution in [1.82, 2.24) is 0 Å². The van der Waals surface area contributed by atoms with Crippen LogP contribution in [0.1, 0.15) is 18.0 Å². The van der Waals surface area contributed by atoms with Crippen molar-refractivity contribution in [2.75, 3.05) is 18.5 Å². The molecule has 0 saturated heterocycles. The zero-order valence-corrected chi connectivity index (χ0v) is 13.0. The first-order valence-corrected chi connectivity index (χ1v) is 7.34. The highest BCUT2D eigenvalue weighted by Gasteiger charge is 2.11. The minimum Gasteiger partial charge on any atom is -0.374 e. The summed E-state index contributed by atoms with van der Waals surface area (Å²) in [6.45, 7) is 0.770. The Labute approximate surface area is 127 Å². The van der Waals surface area contributed by atoms with Crippen LogP contribution in [0.5, 0.6) is 0 Å². The molecule has 1 atom stereocenters. The van der Waals surface area contributed by atoms with Crippen molar-refractivity contribution in [2.24, 2.45) is 5.73 Å². The van der Waals surface area contributed by atoms with Crippen LogP contribution >= 0.6 is 15.9 Å². The first kappa shape index (κ1) is 15.0. The fraction of sp³-hybridized carbons (Fsp3) is 0.250. The standard InChI is InChI=1S/C16H18BrFN2/c1-20(13-6-4-5-12(18)11-13)10-9-16(19)14-7-2-3-8-15(14)17/h2-8,11,16H,9-10,19H2,1H3. The summed E-state index contributed by atoms with van der Waals surface area (Å²) in [5.74, 6) is -0.218. The van der Waals surface area contributed by atoms with E-state index in [2.05, 4.69) is 15.9 Å². The molecule has 2 N–H and O–H groups in total. The van der Waals surface area contributed by atoms with Gasteiger partial charge in [-0.2, -0.15) is 0 Å². The van der Waals surface area contributed by atoms with Crippen molar-refractivity contribution in [1.29, 1.82) is 0 Å². The summed E-state index contributed by atoms with van der Waals surface area (Å²) in [4.78, 5) is 2.01. The minimum absolute atomic E-state index is 0.0402. The van der Waals surface area contributed by atoms with Crippen LogP contribution in [-0.2, 0) is 0 Å². The Morgan fingerprint density at radius 3 is 2.65 bits per heavy atom. The Kier molecular flexibility index (Phi) is 5.15. The Hall–Kier alpha value is -1.39. The van der Waals surface area contributed by atoms with Gasteiger partial charge in [0.2, 0.25) is 0 Å². The number of hydrogen-bond acceptors (Lipinski definition) is 2. The lowest BCUT2D eigenvalue weighted by Crippen LogP contribution is -2.23. The van der Waals surface area contributed by atoms with Crippen LogP contribution in [-0.4, -0.2) is 13.6 Å². The van der Waals surface area contributed by atoms with Crippen LogP contribution in [0.2, 0.25) is 0 Å². The summed E-state index contributed by atoms with van der Waals surface area (Å²) in [5, 5.41) is 0. The molecule has 0 bridgehead atoms. The summed E-state index contributed by atoms with van der Waals surface area (Å²) in [7, 11) is 1.95. The average Bonchev–Trinajstić information content (AvgIpc) is 2.45. The van der Waals surface area contributed by atoms with Gasteiger partial charge in [-0.05, 0) is 36.2 Å². The van der Waals surface area contributed by atoms with E-state index in [1.807, 2.05) is 42.3 Å². The molecule has 0 spiro atoms. The van der Waals surface area contributed by atoms with Gasteiger partial charge < -0.3 is 10.6 Å². The number of hydrogen-bond donors (Lipinski definition) is 1. The molecule has 2 nitrogen and oxygen atoms in total. The van der Waals surface area contributed by atoms with Gasteiger partial charge in [0, 0.05) is 29.8 Å². The Morgan fingerprint density at radius 2 is 1.95 bits per heavy atom. The van der Waals surface area contributed by atoms with Gasteiger partial charge in [-0.1, -0.05) is 40.2 Å². The molecule has 0 aromatic heterocycles. The second kappa shape index (κ2) is 6.86. The summed E-state index contributed by atoms with van der Waals surface area (Å²) in [6.07, 6.45) is 0.801. The van der Waals surface area contributed by atoms with Crippen molar-refractivity contribution in [3.05, 3.63) is 64.4 Å². The third kappa shape index (κ3) is 3.81. The van der Waals surface area contributed by atoms with E-state index >= 15 is 0 Å². The maximum Gasteiger partial charge on any atom is 0.125 e. The van der Waals surface area contributed by atoms with Gasteiger partial charge in [-0.3, -0.25) is 0 Å². The predicted octanol–water partition coefficient (Wildman–Crippen LogP) is 4.11. The molecule has 0 radical (unpaired) electrons. The van der Waals surface area contributed by atoms with E-state index in [-0.39, 0.29) is 11.9 Å². The molecule has 0 heterocycles. The fourth-order valence-electron chi connectivity index (χ4n) is 2.11. The van der Waals surface area contributed by atoms with Gasteiger partial charge in [0.15, 0.2) is 0 Å². The molecule has 20 heavy (non-hydrogen) atoms. The molecule has 0 aliphatic carbocycles. The highest BCUT2D eigenvalue weighted by atomic mass is 79.9. The van der Waals surface area contributed by atoms with Crippen molar-refractivity contribution in [3.63, 3.8) is 0 Å². The minimum atomic E-state index is -0.218. The first-order chi connectivity index (χ1) is 9.58. The number of rotatable bonds is 5. The molecule has 0 fully saturated rings. The summed E-state index contributed by atoms with van der Waals surface area (Å²) >= 11 is 3.52. The van der Waals surface area contributed by atoms with Crippen molar-refractivity contribution in [2.45, 2.75) is 12.5 Å². The van der Waals surface area contributed by atoms with Gasteiger partial charge in [0.25, 0.3) is 0 Å². The molecular weight excluding hydrogens is 319 g/mol. The monoisotopic (exact) mass is 336 g/mol. The first-order valence-electron chi connectivity index (χ1n) is 6.54. The maximum absolute atomic E-state index is 13.2. The zero-order valence-electron chi connectivity index (χ0n) is 11.4. The Bertz CT molecular complexity index is 574. The summed E-state index contributed by atoms with van der Waals surface area (Å²) in [5.41, 5.74) is 8.18. The molecule has 0 aliphatic heterocycles. The molecule has 4 heteroatoms. The highest BCUT2D eigenvalue weighted by Crippen LogP contribution is 2.24. The number of benzene rings is 2. The lowest BCUT2D eigenvalue weighted by atomic mass is 10.0. The van der Waals surface area contributed by atoms with E-state index in [1.165, 1.54) is 12.1 Å². The molecule has 0 amide bonds. The fourth-order valence-corrected chi connectivity index (χ4v) is 2.69. The van der Waals surface area contributed by atoms with E-state index < -0.39 is 0 Å². The summed E-state index contributed by atoms with van der Waals surface area (Å²) in [6, 6.07) is 14.5. The molecule has 1 unspecified atom stereocenters. The molecule has 2 aromatic carbocycles. The van der Waals surface area contributed by atoms with E-state index in [0.717, 1.165) is 28.7 Å². The van der Waals surface area contributed by atoms with Crippen LogP contribution in [0.25, 0.3) is 0 Å². The van der Waals surface area contributed by atoms with E-state index in [0.29, 0.717) is 0 Å². The molecule has 2 rings (SSSR count). The molecule has 0 aliphatic rings. The van der Waals surface area contributed by atoms with Crippen molar-refractivity contribution >= 4 is 21.6 Å². The molecule has 2 aromatic rings. The number of nitrogens with two attached hydrogens (primary N) is 1. The van der Waals surface area contributed by atoms with Crippen LogP contribution < -0.4 is 10.6 Å². The van der Waals surface area contributed by atoms with Crippen LogP contribution in [0, 0.1) is 5.82 Å². The third-order valence-electron chi connectivity index (χ3n) is 3.33. The topological polar surface area (TPSA) is 29.3 Å². The number of anilines is 1. The van der Waals surface area contributed by atoms with Crippen molar-refractivity contribution in [3.8, 4) is 0 Å². The molecule has 0 saturated carbocycles. The lowest BCUT2D eigenvalue weighted by Gasteiger charge is -2.22. The largest absolute Gasteiger partial charge is 0.374 e. The highest BCUT2D eigenvalue weighted by molar-refractivity contribution is 9.10. The normalized spacial score (nSPS) is 12.2. The van der Waals surface area contributed by atoms with Crippen LogP contribution in [0.15, 0.2) is 53.0 Å². The number of halogens is 2. The van der Waals surface area contributed by atoms with E-state index in [4.69, 9.17) is 5.73 Å². The molecular formula is C16H18BrFN2. The van der Waals surface area contributed by atoms with Gasteiger partial charge in [-0.25, -0.2) is 4.39 Å². The van der Waals surface area contributed by atoms with E-state index in [1.54, 1.807) is 6.07 Å². The van der Waals surface area contributed by atoms with Gasteiger partial charge in [0.05, 0.1) is 0 Å². The average molecular weight is 337 g/mol.